The summed E-state index contributed by atoms with van der Waals surface area (Å²) in [6, 6.07) is 5.45. The first-order valence-corrected chi connectivity index (χ1v) is 8.12. The minimum absolute atomic E-state index is 0.0406. The van der Waals surface area contributed by atoms with Gasteiger partial charge < -0.3 is 0 Å². The fourth-order valence-corrected chi connectivity index (χ4v) is 2.76. The first-order valence-electron chi connectivity index (χ1n) is 6.49. The molecule has 0 spiro atoms. The molecule has 1 aromatic heterocycles. The lowest BCUT2D eigenvalue weighted by molar-refractivity contribution is 0.573. The summed E-state index contributed by atoms with van der Waals surface area (Å²) < 4.78 is 0. The number of nitrogens with one attached hydrogen (secondary N) is 1. The van der Waals surface area contributed by atoms with Crippen molar-refractivity contribution in [3.8, 4) is 0 Å². The molecule has 1 aromatic carbocycles. The summed E-state index contributed by atoms with van der Waals surface area (Å²) in [4.78, 5) is 4.53. The molecule has 3 nitrogen and oxygen atoms in total. The van der Waals surface area contributed by atoms with Crippen molar-refractivity contribution < 1.29 is 0 Å². The maximum atomic E-state index is 6.01. The van der Waals surface area contributed by atoms with Crippen molar-refractivity contribution in [2.24, 2.45) is 5.10 Å². The predicted octanol–water partition coefficient (Wildman–Crippen LogP) is 5.58. The second-order valence-electron chi connectivity index (χ2n) is 5.73. The van der Waals surface area contributed by atoms with E-state index in [4.69, 9.17) is 23.2 Å². The number of benzene rings is 1. The number of rotatable bonds is 3. The normalized spacial score (nSPS) is 12.6. The van der Waals surface area contributed by atoms with Crippen molar-refractivity contribution in [2.45, 2.75) is 33.1 Å². The van der Waals surface area contributed by atoms with E-state index < -0.39 is 0 Å². The van der Waals surface area contributed by atoms with Crippen LogP contribution >= 0.6 is 34.5 Å². The Morgan fingerprint density at radius 3 is 2.52 bits per heavy atom. The van der Waals surface area contributed by atoms with Crippen molar-refractivity contribution in [3.05, 3.63) is 44.9 Å². The molecule has 6 heteroatoms. The van der Waals surface area contributed by atoms with Gasteiger partial charge in [-0.1, -0.05) is 50.0 Å². The van der Waals surface area contributed by atoms with Crippen LogP contribution in [0.4, 0.5) is 5.13 Å². The van der Waals surface area contributed by atoms with E-state index in [2.05, 4.69) is 36.3 Å². The zero-order valence-electron chi connectivity index (χ0n) is 12.4. The highest BCUT2D eigenvalue weighted by Gasteiger charge is 2.17. The van der Waals surface area contributed by atoms with Crippen LogP contribution in [-0.2, 0) is 5.41 Å². The Bertz CT molecular complexity index is 672. The molecule has 0 aliphatic heterocycles. The number of hydrogen-bond donors (Lipinski definition) is 1. The van der Waals surface area contributed by atoms with Gasteiger partial charge in [-0.2, -0.15) is 5.10 Å². The van der Waals surface area contributed by atoms with Crippen LogP contribution in [0.25, 0.3) is 0 Å². The van der Waals surface area contributed by atoms with Crippen molar-refractivity contribution in [1.82, 2.24) is 4.98 Å². The lowest BCUT2D eigenvalue weighted by Crippen LogP contribution is -2.11. The molecule has 0 bridgehead atoms. The summed E-state index contributed by atoms with van der Waals surface area (Å²) >= 11 is 13.5. The molecule has 0 amide bonds. The van der Waals surface area contributed by atoms with Gasteiger partial charge in [-0.25, -0.2) is 4.98 Å². The predicted molar refractivity (Wildman–Crippen MR) is 93.1 cm³/mol. The van der Waals surface area contributed by atoms with Crippen LogP contribution in [0.1, 0.15) is 39.0 Å². The molecule has 0 fully saturated rings. The second-order valence-corrected chi connectivity index (χ2v) is 7.40. The van der Waals surface area contributed by atoms with E-state index in [-0.39, 0.29) is 5.41 Å². The molecule has 112 valence electrons. The number of aromatic nitrogens is 1. The van der Waals surface area contributed by atoms with E-state index in [1.807, 2.05) is 18.4 Å². The van der Waals surface area contributed by atoms with Crippen molar-refractivity contribution in [2.75, 3.05) is 5.43 Å². The van der Waals surface area contributed by atoms with Gasteiger partial charge in [-0.3, -0.25) is 5.43 Å². The average Bonchev–Trinajstić information content (AvgIpc) is 2.88. The van der Waals surface area contributed by atoms with E-state index >= 15 is 0 Å². The third-order valence-electron chi connectivity index (χ3n) is 2.93. The molecule has 21 heavy (non-hydrogen) atoms. The maximum absolute atomic E-state index is 6.01. The molecule has 0 aliphatic carbocycles. The minimum Gasteiger partial charge on any atom is -0.252 e. The van der Waals surface area contributed by atoms with Crippen molar-refractivity contribution >= 4 is 45.4 Å². The largest absolute Gasteiger partial charge is 0.252 e. The smallest absolute Gasteiger partial charge is 0.203 e. The Morgan fingerprint density at radius 1 is 1.24 bits per heavy atom. The van der Waals surface area contributed by atoms with Crippen LogP contribution in [0, 0.1) is 0 Å². The molecule has 2 aromatic rings. The van der Waals surface area contributed by atoms with E-state index in [0.717, 1.165) is 22.1 Å². The monoisotopic (exact) mass is 341 g/mol. The number of hydrazone groups is 1. The molecule has 0 atom stereocenters. The Kier molecular flexibility index (Phi) is 4.91. The Morgan fingerprint density at radius 2 is 1.95 bits per heavy atom. The Balaban J connectivity index is 2.13. The van der Waals surface area contributed by atoms with Crippen LogP contribution in [0.5, 0.6) is 0 Å². The third-order valence-corrected chi connectivity index (χ3v) is 4.42. The highest BCUT2D eigenvalue weighted by Crippen LogP contribution is 2.26. The highest BCUT2D eigenvalue weighted by atomic mass is 35.5. The van der Waals surface area contributed by atoms with E-state index in [0.29, 0.717) is 10.0 Å². The van der Waals surface area contributed by atoms with Gasteiger partial charge in [0.25, 0.3) is 0 Å². The standard InChI is InChI=1S/C15H17Cl2N3S/c1-9(10-5-6-11(16)12(17)7-10)19-20-14-18-13(8-21-14)15(2,3)4/h5-8H,1-4H3,(H,18,20). The number of anilines is 1. The number of halogens is 2. The van der Waals surface area contributed by atoms with Crippen LogP contribution in [0.3, 0.4) is 0 Å². The average molecular weight is 342 g/mol. The topological polar surface area (TPSA) is 37.3 Å². The summed E-state index contributed by atoms with van der Waals surface area (Å²) in [5.74, 6) is 0. The van der Waals surface area contributed by atoms with Gasteiger partial charge in [0.05, 0.1) is 21.5 Å². The Labute approximate surface area is 139 Å². The molecule has 1 N–H and O–H groups in total. The minimum atomic E-state index is 0.0406. The quantitative estimate of drug-likeness (QED) is 0.584. The summed E-state index contributed by atoms with van der Waals surface area (Å²) in [5.41, 5.74) is 5.82. The zero-order valence-corrected chi connectivity index (χ0v) is 14.7. The van der Waals surface area contributed by atoms with Gasteiger partial charge in [0.1, 0.15) is 0 Å². The zero-order chi connectivity index (χ0) is 15.6. The van der Waals surface area contributed by atoms with Gasteiger partial charge in [-0.05, 0) is 24.6 Å². The van der Waals surface area contributed by atoms with Gasteiger partial charge >= 0.3 is 0 Å². The summed E-state index contributed by atoms with van der Waals surface area (Å²) in [7, 11) is 0. The molecule has 2 rings (SSSR count). The Hall–Kier alpha value is -1.10. The molecular formula is C15H17Cl2N3S. The van der Waals surface area contributed by atoms with Crippen LogP contribution in [-0.4, -0.2) is 10.7 Å². The summed E-state index contributed by atoms with van der Waals surface area (Å²) in [5, 5.41) is 8.23. The van der Waals surface area contributed by atoms with Crippen LogP contribution in [0.15, 0.2) is 28.7 Å². The van der Waals surface area contributed by atoms with Gasteiger partial charge in [-0.15, -0.1) is 11.3 Å². The number of thiazole rings is 1. The van der Waals surface area contributed by atoms with Gasteiger partial charge in [0.2, 0.25) is 5.13 Å². The van der Waals surface area contributed by atoms with Crippen LogP contribution in [0.2, 0.25) is 10.0 Å². The first kappa shape index (κ1) is 16.3. The van der Waals surface area contributed by atoms with Crippen molar-refractivity contribution in [3.63, 3.8) is 0 Å². The molecule has 0 aliphatic rings. The molecular weight excluding hydrogens is 325 g/mol. The van der Waals surface area contributed by atoms with Gasteiger partial charge in [0, 0.05) is 10.8 Å². The second kappa shape index (κ2) is 6.34. The lowest BCUT2D eigenvalue weighted by Gasteiger charge is -2.14. The molecule has 0 unspecified atom stereocenters. The molecule has 0 saturated carbocycles. The fourth-order valence-electron chi connectivity index (χ4n) is 1.59. The summed E-state index contributed by atoms with van der Waals surface area (Å²) in [6.45, 7) is 8.31. The van der Waals surface area contributed by atoms with Crippen molar-refractivity contribution in [1.29, 1.82) is 0 Å². The highest BCUT2D eigenvalue weighted by molar-refractivity contribution is 7.13. The van der Waals surface area contributed by atoms with E-state index in [1.54, 1.807) is 23.5 Å². The first-order chi connectivity index (χ1) is 9.77. The number of hydrogen-bond acceptors (Lipinski definition) is 4. The summed E-state index contributed by atoms with van der Waals surface area (Å²) in [6.07, 6.45) is 0. The van der Waals surface area contributed by atoms with E-state index in [9.17, 15) is 0 Å². The SMILES string of the molecule is CC(=NNc1nc(C(C)(C)C)cs1)c1ccc(Cl)c(Cl)c1. The number of nitrogens with zero attached hydrogens (tertiary/aromatic N) is 2. The molecule has 1 heterocycles. The lowest BCUT2D eigenvalue weighted by atomic mass is 9.93. The molecule has 0 saturated heterocycles. The third kappa shape index (κ3) is 4.19. The van der Waals surface area contributed by atoms with Crippen LogP contribution < -0.4 is 5.43 Å². The fraction of sp³-hybridized carbons (Fsp3) is 0.333. The van der Waals surface area contributed by atoms with Gasteiger partial charge in [0.15, 0.2) is 0 Å². The molecule has 0 radical (unpaired) electrons. The maximum Gasteiger partial charge on any atom is 0.203 e. The van der Waals surface area contributed by atoms with E-state index in [1.165, 1.54) is 0 Å².